The fourth-order valence-electron chi connectivity index (χ4n) is 4.97. The molecule has 2 aliphatic heterocycles. The summed E-state index contributed by atoms with van der Waals surface area (Å²) >= 11 is 0. The second kappa shape index (κ2) is 9.54. The van der Waals surface area contributed by atoms with Gasteiger partial charge in [0.1, 0.15) is 23.8 Å². The lowest BCUT2D eigenvalue weighted by Gasteiger charge is -2.34. The van der Waals surface area contributed by atoms with Crippen molar-refractivity contribution in [2.75, 3.05) is 50.5 Å². The summed E-state index contributed by atoms with van der Waals surface area (Å²) in [6.07, 6.45) is 6.25. The van der Waals surface area contributed by atoms with E-state index in [2.05, 4.69) is 81.1 Å². The third-order valence-electron chi connectivity index (χ3n) is 6.82. The lowest BCUT2D eigenvalue weighted by atomic mass is 9.95. The molecule has 8 nitrogen and oxygen atoms in total. The average Bonchev–Trinajstić information content (AvgIpc) is 3.27. The smallest absolute Gasteiger partial charge is 0.156 e. The zero-order valence-electron chi connectivity index (χ0n) is 20.3. The highest BCUT2D eigenvalue weighted by molar-refractivity contribution is 5.90. The van der Waals surface area contributed by atoms with Crippen LogP contribution in [0.1, 0.15) is 35.7 Å². The van der Waals surface area contributed by atoms with Gasteiger partial charge < -0.3 is 19.7 Å². The standard InChI is InChI=1S/C26H33N7O/c1-18-5-4-6-20(13-18)23-16-33(12-11-31(2)3)25(30-23)19-7-9-32(10-8-19)26-22-14-21(34)15-27-24(22)28-17-29-26/h4-6,13,16-17,19H,7-12,14-15H2,1-3H3,(H,27,28,29). The van der Waals surface area contributed by atoms with Crippen molar-refractivity contribution in [2.45, 2.75) is 38.6 Å². The van der Waals surface area contributed by atoms with E-state index < -0.39 is 0 Å². The Bertz CT molecular complexity index is 1180. The summed E-state index contributed by atoms with van der Waals surface area (Å²) in [6.45, 7) is 6.16. The number of carbonyl (C=O) groups excluding carboxylic acids is 1. The molecule has 0 aliphatic carbocycles. The van der Waals surface area contributed by atoms with Gasteiger partial charge in [0.2, 0.25) is 0 Å². The molecule has 2 aliphatic rings. The van der Waals surface area contributed by atoms with Gasteiger partial charge in [-0.15, -0.1) is 0 Å². The van der Waals surface area contributed by atoms with Crippen molar-refractivity contribution in [2.24, 2.45) is 0 Å². The van der Waals surface area contributed by atoms with Gasteiger partial charge in [-0.2, -0.15) is 0 Å². The van der Waals surface area contributed by atoms with E-state index in [0.717, 1.165) is 61.9 Å². The maximum absolute atomic E-state index is 12.0. The van der Waals surface area contributed by atoms with Crippen molar-refractivity contribution < 1.29 is 4.79 Å². The van der Waals surface area contributed by atoms with Gasteiger partial charge in [-0.05, 0) is 39.9 Å². The van der Waals surface area contributed by atoms with E-state index in [-0.39, 0.29) is 5.78 Å². The number of likely N-dealkylation sites (N-methyl/N-ethyl adjacent to an activating group) is 1. The Kier molecular flexibility index (Phi) is 6.32. The minimum atomic E-state index is 0.185. The summed E-state index contributed by atoms with van der Waals surface area (Å²) in [5, 5.41) is 3.13. The van der Waals surface area contributed by atoms with E-state index in [0.29, 0.717) is 18.9 Å². The molecule has 4 heterocycles. The fourth-order valence-corrected chi connectivity index (χ4v) is 4.97. The summed E-state index contributed by atoms with van der Waals surface area (Å²) in [4.78, 5) is 30.6. The summed E-state index contributed by atoms with van der Waals surface area (Å²) in [5.74, 6) is 3.47. The third-order valence-corrected chi connectivity index (χ3v) is 6.82. The maximum Gasteiger partial charge on any atom is 0.156 e. The van der Waals surface area contributed by atoms with Crippen LogP contribution in [0, 0.1) is 6.92 Å². The number of nitrogens with zero attached hydrogens (tertiary/aromatic N) is 6. The lowest BCUT2D eigenvalue weighted by molar-refractivity contribution is -0.117. The number of rotatable bonds is 6. The fraction of sp³-hybridized carbons (Fsp3) is 0.462. The number of fused-ring (bicyclic) bond motifs is 1. The quantitative estimate of drug-likeness (QED) is 0.607. The highest BCUT2D eigenvalue weighted by Crippen LogP contribution is 2.34. The first-order valence-electron chi connectivity index (χ1n) is 12.1. The van der Waals surface area contributed by atoms with Gasteiger partial charge in [0, 0.05) is 55.8 Å². The van der Waals surface area contributed by atoms with Gasteiger partial charge >= 0.3 is 0 Å². The number of nitrogens with one attached hydrogen (secondary N) is 1. The molecule has 0 amide bonds. The van der Waals surface area contributed by atoms with Crippen molar-refractivity contribution in [3.05, 3.63) is 53.7 Å². The summed E-state index contributed by atoms with van der Waals surface area (Å²) in [5.41, 5.74) is 4.41. The summed E-state index contributed by atoms with van der Waals surface area (Å²) in [7, 11) is 4.22. The van der Waals surface area contributed by atoms with Crippen LogP contribution in [0.15, 0.2) is 36.8 Å². The van der Waals surface area contributed by atoms with Gasteiger partial charge in [-0.1, -0.05) is 23.8 Å². The number of carbonyl (C=O) groups is 1. The van der Waals surface area contributed by atoms with Crippen LogP contribution < -0.4 is 10.2 Å². The van der Waals surface area contributed by atoms with E-state index in [1.165, 1.54) is 17.0 Å². The van der Waals surface area contributed by atoms with E-state index in [4.69, 9.17) is 4.98 Å². The Labute approximate surface area is 201 Å². The Hall–Kier alpha value is -3.26. The number of anilines is 2. The van der Waals surface area contributed by atoms with Crippen LogP contribution in [0.2, 0.25) is 0 Å². The molecule has 0 unspecified atom stereocenters. The summed E-state index contributed by atoms with van der Waals surface area (Å²) in [6, 6.07) is 8.58. The SMILES string of the molecule is Cc1cccc(-c2cn(CCN(C)C)c(C3CCN(c4ncnc5c4CC(=O)CN5)CC3)n2)c1. The average molecular weight is 460 g/mol. The van der Waals surface area contributed by atoms with Gasteiger partial charge in [-0.3, -0.25) is 4.79 Å². The van der Waals surface area contributed by atoms with Crippen LogP contribution in [-0.4, -0.2) is 70.5 Å². The van der Waals surface area contributed by atoms with Crippen LogP contribution in [0.5, 0.6) is 0 Å². The number of hydrogen-bond donors (Lipinski definition) is 1. The first-order valence-corrected chi connectivity index (χ1v) is 12.1. The van der Waals surface area contributed by atoms with Crippen LogP contribution >= 0.6 is 0 Å². The molecular weight excluding hydrogens is 426 g/mol. The maximum atomic E-state index is 12.0. The van der Waals surface area contributed by atoms with Gasteiger partial charge in [0.15, 0.2) is 5.78 Å². The Balaban J connectivity index is 1.37. The van der Waals surface area contributed by atoms with E-state index in [1.807, 2.05) is 0 Å². The molecule has 2 aromatic heterocycles. The van der Waals surface area contributed by atoms with Crippen molar-refractivity contribution in [1.29, 1.82) is 0 Å². The van der Waals surface area contributed by atoms with E-state index in [9.17, 15) is 4.79 Å². The number of aromatic nitrogens is 4. The number of Topliss-reactive ketones (excluding diaryl/α,β-unsaturated/α-hetero) is 1. The number of piperidine rings is 1. The Morgan fingerprint density at radius 3 is 2.76 bits per heavy atom. The van der Waals surface area contributed by atoms with Crippen LogP contribution in [-0.2, 0) is 17.8 Å². The molecule has 1 fully saturated rings. The molecule has 0 atom stereocenters. The third kappa shape index (κ3) is 4.68. The van der Waals surface area contributed by atoms with Gasteiger partial charge in [0.05, 0.1) is 12.2 Å². The van der Waals surface area contributed by atoms with E-state index in [1.54, 1.807) is 6.33 Å². The highest BCUT2D eigenvalue weighted by atomic mass is 16.1. The molecule has 3 aromatic rings. The number of imidazole rings is 1. The molecule has 34 heavy (non-hydrogen) atoms. The first-order chi connectivity index (χ1) is 16.5. The van der Waals surface area contributed by atoms with Crippen molar-refractivity contribution in [1.82, 2.24) is 24.4 Å². The molecule has 0 bridgehead atoms. The molecule has 5 rings (SSSR count). The predicted molar refractivity (Wildman–Crippen MR) is 134 cm³/mol. The van der Waals surface area contributed by atoms with Crippen LogP contribution in [0.4, 0.5) is 11.6 Å². The monoisotopic (exact) mass is 459 g/mol. The Morgan fingerprint density at radius 1 is 1.18 bits per heavy atom. The van der Waals surface area contributed by atoms with Crippen LogP contribution in [0.3, 0.4) is 0 Å². The lowest BCUT2D eigenvalue weighted by Crippen LogP contribution is -2.36. The van der Waals surface area contributed by atoms with Crippen molar-refractivity contribution in [3.8, 4) is 11.3 Å². The highest BCUT2D eigenvalue weighted by Gasteiger charge is 2.29. The zero-order chi connectivity index (χ0) is 23.7. The number of ketones is 1. The second-order valence-corrected chi connectivity index (χ2v) is 9.71. The molecule has 8 heteroatoms. The molecule has 0 radical (unpaired) electrons. The molecule has 1 aromatic carbocycles. The zero-order valence-corrected chi connectivity index (χ0v) is 20.3. The van der Waals surface area contributed by atoms with Gasteiger partial charge in [0.25, 0.3) is 0 Å². The molecule has 0 spiro atoms. The van der Waals surface area contributed by atoms with Crippen LogP contribution in [0.25, 0.3) is 11.3 Å². The minimum Gasteiger partial charge on any atom is -0.363 e. The molecule has 1 saturated heterocycles. The van der Waals surface area contributed by atoms with Gasteiger partial charge in [-0.25, -0.2) is 15.0 Å². The first kappa shape index (κ1) is 22.5. The second-order valence-electron chi connectivity index (χ2n) is 9.71. The molecule has 1 N–H and O–H groups in total. The molecule has 0 saturated carbocycles. The normalized spacial score (nSPS) is 16.6. The summed E-state index contributed by atoms with van der Waals surface area (Å²) < 4.78 is 2.35. The van der Waals surface area contributed by atoms with Crippen molar-refractivity contribution in [3.63, 3.8) is 0 Å². The number of hydrogen-bond acceptors (Lipinski definition) is 7. The Morgan fingerprint density at radius 2 is 2.00 bits per heavy atom. The van der Waals surface area contributed by atoms with Crippen molar-refractivity contribution >= 4 is 17.4 Å². The molecule has 178 valence electrons. The molecular formula is C26H33N7O. The minimum absolute atomic E-state index is 0.185. The number of aryl methyl sites for hydroxylation is 1. The number of benzene rings is 1. The topological polar surface area (TPSA) is 79.2 Å². The van der Waals surface area contributed by atoms with E-state index >= 15 is 0 Å². The largest absolute Gasteiger partial charge is 0.363 e. The predicted octanol–water partition coefficient (Wildman–Crippen LogP) is 3.13.